The van der Waals surface area contributed by atoms with Gasteiger partial charge in [-0.25, -0.2) is 0 Å². The van der Waals surface area contributed by atoms with Crippen LogP contribution in [0.25, 0.3) is 20.4 Å². The van der Waals surface area contributed by atoms with Crippen molar-refractivity contribution in [1.82, 2.24) is 23.7 Å². The molecule has 2 aromatic carbocycles. The van der Waals surface area contributed by atoms with Crippen molar-refractivity contribution in [3.05, 3.63) is 60.2 Å². The molecule has 0 saturated carbocycles. The number of anilines is 6. The first kappa shape index (κ1) is 50.7. The monoisotopic (exact) mass is 1080 g/mol. The number of benzene rings is 2. The molecule has 0 radical (unpaired) electrons. The second kappa shape index (κ2) is 21.7. The predicted molar refractivity (Wildman–Crippen MR) is 280 cm³/mol. The van der Waals surface area contributed by atoms with Crippen LogP contribution < -0.4 is 29.9 Å². The van der Waals surface area contributed by atoms with Gasteiger partial charge >= 0.3 is 20.2 Å². The Hall–Kier alpha value is -5.72. The maximum atomic E-state index is 12.2. The van der Waals surface area contributed by atoms with Gasteiger partial charge in [-0.05, 0) is 106 Å². The van der Waals surface area contributed by atoms with Gasteiger partial charge in [-0.3, -0.25) is 9.11 Å². The third-order valence-electron chi connectivity index (χ3n) is 10.6. The minimum absolute atomic E-state index is 0.0693. The van der Waals surface area contributed by atoms with Crippen molar-refractivity contribution in [3.8, 4) is 11.5 Å². The van der Waals surface area contributed by atoms with Crippen molar-refractivity contribution >= 4 is 154 Å². The average Bonchev–Trinajstić information content (AvgIpc) is 4.13. The molecular weight excluding hydrogens is 1040 g/mol. The van der Waals surface area contributed by atoms with E-state index in [0.717, 1.165) is 102 Å². The zero-order valence-corrected chi connectivity index (χ0v) is 44.0. The first-order valence-electron chi connectivity index (χ1n) is 21.4. The number of fused-ring (bicyclic) bond motifs is 2. The molecule has 0 saturated heterocycles. The number of rotatable bonds is 21. The summed E-state index contributed by atoms with van der Waals surface area (Å²) in [5.41, 5.74) is 4.67. The fraction of sp³-hybridized carbons (Fsp3) is 0.310. The molecule has 0 atom stereocenters. The summed E-state index contributed by atoms with van der Waals surface area (Å²) in [6.45, 7) is 11.1. The first-order chi connectivity index (χ1) is 33.6. The van der Waals surface area contributed by atoms with Crippen LogP contribution in [-0.2, 0) is 20.2 Å². The molecule has 1 aliphatic rings. The van der Waals surface area contributed by atoms with Gasteiger partial charge < -0.3 is 29.9 Å². The normalized spacial score (nSPS) is 13.2. The minimum atomic E-state index is -4.60. The van der Waals surface area contributed by atoms with E-state index in [4.69, 9.17) is 24.4 Å². The van der Waals surface area contributed by atoms with Crippen LogP contribution in [0.15, 0.2) is 94.2 Å². The lowest BCUT2D eigenvalue weighted by Crippen LogP contribution is -2.21. The van der Waals surface area contributed by atoms with Crippen LogP contribution in [0, 0.1) is 0 Å². The van der Waals surface area contributed by atoms with Gasteiger partial charge in [0, 0.05) is 43.3 Å². The summed E-state index contributed by atoms with van der Waals surface area (Å²) in [6, 6.07) is 11.3. The standard InChI is InChI=1S/C42H45N13O8S7/c1-7-54(8-2)24-16-18-26(48-50-34-30-32(62-5)38(69(56,57)58)65-36(30)52-67-34)28(20-24)43-40-45-41(47-42(46-40)64-22-23-14-12-11-13-15-23)44-29-21-25(55(9-3)10-4)17-19-27(29)49-51-35-31-33(63-6)39(70(59,60)61)66-37(31)53-68-35/h12,14-21H,7-11,13,22H2,1-6H3,(H,56,57,58)(H,59,60,61)(H2,43,44,45,46,47). The number of hydrogen-bond donors (Lipinski definition) is 4. The van der Waals surface area contributed by atoms with E-state index >= 15 is 0 Å². The van der Waals surface area contributed by atoms with E-state index in [1.54, 1.807) is 12.1 Å². The molecule has 0 unspecified atom stereocenters. The van der Waals surface area contributed by atoms with E-state index in [2.05, 4.69) is 95.6 Å². The number of nitrogens with one attached hydrogen (secondary N) is 2. The topological polar surface area (TPSA) is 272 Å². The van der Waals surface area contributed by atoms with Crippen molar-refractivity contribution in [2.24, 2.45) is 20.5 Å². The summed E-state index contributed by atoms with van der Waals surface area (Å²) < 4.78 is 87.2. The molecular formula is C42H45N13O8S7. The van der Waals surface area contributed by atoms with Gasteiger partial charge in [0.1, 0.15) is 21.0 Å². The number of ether oxygens (including phenoxy) is 2. The third-order valence-corrected chi connectivity index (χ3v) is 18.0. The quantitative estimate of drug-likeness (QED) is 0.0296. The molecule has 70 heavy (non-hydrogen) atoms. The number of methoxy groups -OCH3 is 2. The Morgan fingerprint density at radius 3 is 1.56 bits per heavy atom. The highest BCUT2D eigenvalue weighted by Gasteiger charge is 2.29. The summed E-state index contributed by atoms with van der Waals surface area (Å²) in [5, 5.41) is 26.5. The Labute approximate surface area is 423 Å². The zero-order chi connectivity index (χ0) is 49.7. The molecule has 5 heterocycles. The maximum Gasteiger partial charge on any atom is 0.307 e. The summed E-state index contributed by atoms with van der Waals surface area (Å²) in [7, 11) is -6.59. The minimum Gasteiger partial charge on any atom is -0.494 e. The molecule has 0 fully saturated rings. The van der Waals surface area contributed by atoms with E-state index in [-0.39, 0.29) is 41.8 Å². The molecule has 0 bridgehead atoms. The first-order valence-corrected chi connectivity index (χ1v) is 28.5. The molecule has 21 nitrogen and oxygen atoms in total. The number of nitrogens with zero attached hydrogens (tertiary/aromatic N) is 11. The smallest absolute Gasteiger partial charge is 0.307 e. The van der Waals surface area contributed by atoms with Gasteiger partial charge in [0.05, 0.1) is 36.4 Å². The van der Waals surface area contributed by atoms with Gasteiger partial charge in [0.25, 0.3) is 0 Å². The van der Waals surface area contributed by atoms with E-state index < -0.39 is 20.2 Å². The van der Waals surface area contributed by atoms with Crippen LogP contribution in [0.5, 0.6) is 11.5 Å². The maximum absolute atomic E-state index is 12.2. The number of allylic oxidation sites excluding steroid dienone is 3. The van der Waals surface area contributed by atoms with Crippen LogP contribution in [0.1, 0.15) is 40.5 Å². The molecule has 1 aliphatic carbocycles. The zero-order valence-electron chi connectivity index (χ0n) is 38.3. The van der Waals surface area contributed by atoms with Crippen LogP contribution in [0.4, 0.5) is 56.0 Å². The van der Waals surface area contributed by atoms with Crippen molar-refractivity contribution in [2.45, 2.75) is 54.1 Å². The lowest BCUT2D eigenvalue weighted by atomic mass is 10.1. The molecule has 0 spiro atoms. The Morgan fingerprint density at radius 2 is 1.16 bits per heavy atom. The van der Waals surface area contributed by atoms with Crippen LogP contribution in [-0.4, -0.2) is 95.8 Å². The molecule has 368 valence electrons. The lowest BCUT2D eigenvalue weighted by Gasteiger charge is -2.22. The molecule has 28 heteroatoms. The SMILES string of the molecule is CCN(CC)c1ccc(N=Nc2snc3sc(S(=O)(=O)O)c(OC)c23)c(Nc2nc(Nc3cc(N(CC)CC)ccc3N=Nc3snc4sc(S(=O)(=O)O)c(OC)c34)nc(SCC3=CCCC=C3)n2)c1. The largest absolute Gasteiger partial charge is 0.494 e. The second-order valence-corrected chi connectivity index (χ2v) is 22.5. The van der Waals surface area contributed by atoms with E-state index in [1.807, 2.05) is 24.3 Å². The van der Waals surface area contributed by atoms with Gasteiger partial charge in [0.2, 0.25) is 11.9 Å². The Bertz CT molecular complexity index is 3210. The number of aromatic nitrogens is 5. The van der Waals surface area contributed by atoms with Crippen molar-refractivity contribution in [3.63, 3.8) is 0 Å². The Kier molecular flexibility index (Phi) is 15.7. The predicted octanol–water partition coefficient (Wildman–Crippen LogP) is 12.1. The highest BCUT2D eigenvalue weighted by molar-refractivity contribution is 7.99. The fourth-order valence-electron chi connectivity index (χ4n) is 7.27. The Morgan fingerprint density at radius 1 is 0.686 bits per heavy atom. The van der Waals surface area contributed by atoms with E-state index in [0.29, 0.717) is 54.1 Å². The van der Waals surface area contributed by atoms with Gasteiger partial charge in [-0.1, -0.05) is 52.7 Å². The number of thioether (sulfide) groups is 1. The van der Waals surface area contributed by atoms with Crippen molar-refractivity contribution in [2.75, 3.05) is 66.6 Å². The van der Waals surface area contributed by atoms with Crippen LogP contribution in [0.3, 0.4) is 0 Å². The van der Waals surface area contributed by atoms with E-state index in [9.17, 15) is 25.9 Å². The number of thiophene rings is 2. The Balaban J connectivity index is 1.21. The lowest BCUT2D eigenvalue weighted by molar-refractivity contribution is 0.406. The third kappa shape index (κ3) is 11.1. The van der Waals surface area contributed by atoms with Gasteiger partial charge in [-0.2, -0.15) is 40.5 Å². The van der Waals surface area contributed by atoms with Crippen molar-refractivity contribution in [1.29, 1.82) is 0 Å². The van der Waals surface area contributed by atoms with Gasteiger partial charge in [-0.15, -0.1) is 20.5 Å². The second-order valence-electron chi connectivity index (χ2n) is 14.8. The number of azo groups is 2. The number of hydrogen-bond acceptors (Lipinski definition) is 24. The van der Waals surface area contributed by atoms with Gasteiger partial charge in [0.15, 0.2) is 35.1 Å². The summed E-state index contributed by atoms with van der Waals surface area (Å²) in [6.07, 6.45) is 8.34. The van der Waals surface area contributed by atoms with Crippen LogP contribution >= 0.6 is 57.5 Å². The molecule has 0 aliphatic heterocycles. The highest BCUT2D eigenvalue weighted by atomic mass is 32.3. The summed E-state index contributed by atoms with van der Waals surface area (Å²) in [4.78, 5) is 19.5. The fourth-order valence-corrected chi connectivity index (χ4v) is 13.6. The van der Waals surface area contributed by atoms with E-state index in [1.165, 1.54) is 26.0 Å². The average molecular weight is 1080 g/mol. The van der Waals surface area contributed by atoms with Crippen LogP contribution in [0.2, 0.25) is 0 Å². The molecule has 4 N–H and O–H groups in total. The molecule has 5 aromatic heterocycles. The molecule has 0 amide bonds. The molecule has 7 aromatic rings. The summed E-state index contributed by atoms with van der Waals surface area (Å²) in [5.74, 6) is 0.804. The van der Waals surface area contributed by atoms with Crippen molar-refractivity contribution < 1.29 is 35.4 Å². The summed E-state index contributed by atoms with van der Waals surface area (Å²) >= 11 is 4.98. The molecule has 8 rings (SSSR count). The highest BCUT2D eigenvalue weighted by Crippen LogP contribution is 2.49.